The molecular weight excluding hydrogens is 304 g/mol. The lowest BCUT2D eigenvalue weighted by Crippen LogP contribution is -2.50. The van der Waals surface area contributed by atoms with Crippen LogP contribution < -0.4 is 5.32 Å². The van der Waals surface area contributed by atoms with E-state index in [9.17, 15) is 9.59 Å². The number of aryl methyl sites for hydroxylation is 1. The smallest absolute Gasteiger partial charge is 0.239 e. The number of nitrogens with zero attached hydrogens (tertiary/aromatic N) is 3. The molecule has 0 radical (unpaired) electrons. The Hall–Kier alpha value is -1.54. The molecule has 1 aliphatic heterocycles. The molecule has 0 aromatic carbocycles. The van der Waals surface area contributed by atoms with E-state index in [1.54, 1.807) is 24.8 Å². The van der Waals surface area contributed by atoms with Gasteiger partial charge < -0.3 is 14.7 Å². The zero-order valence-corrected chi connectivity index (χ0v) is 13.8. The summed E-state index contributed by atoms with van der Waals surface area (Å²) in [6, 6.07) is 1.68. The highest BCUT2D eigenvalue weighted by atomic mass is 32.2. The summed E-state index contributed by atoms with van der Waals surface area (Å²) in [6.07, 6.45) is 2.59. The number of rotatable bonds is 6. The zero-order valence-electron chi connectivity index (χ0n) is 13.0. The number of carbonyl (C=O) groups excluding carboxylic acids is 2. The number of aromatic nitrogens is 1. The molecule has 0 saturated carbocycles. The summed E-state index contributed by atoms with van der Waals surface area (Å²) in [7, 11) is 0. The monoisotopic (exact) mass is 326 g/mol. The Bertz CT molecular complexity index is 512. The molecule has 7 nitrogen and oxygen atoms in total. The third-order valence-electron chi connectivity index (χ3n) is 3.51. The first-order valence-electron chi connectivity index (χ1n) is 7.30. The maximum Gasteiger partial charge on any atom is 0.239 e. The van der Waals surface area contributed by atoms with Crippen molar-refractivity contribution in [3.05, 3.63) is 11.8 Å². The van der Waals surface area contributed by atoms with Crippen LogP contribution >= 0.6 is 11.8 Å². The van der Waals surface area contributed by atoms with E-state index >= 15 is 0 Å². The number of amides is 2. The summed E-state index contributed by atoms with van der Waals surface area (Å²) in [5, 5.41) is 6.44. The Balaban J connectivity index is 1.70. The van der Waals surface area contributed by atoms with Crippen molar-refractivity contribution in [2.24, 2.45) is 0 Å². The van der Waals surface area contributed by atoms with Gasteiger partial charge in [-0.05, 0) is 13.2 Å². The first-order chi connectivity index (χ1) is 10.6. The van der Waals surface area contributed by atoms with E-state index < -0.39 is 0 Å². The summed E-state index contributed by atoms with van der Waals surface area (Å²) in [5.74, 6) is 2.05. The van der Waals surface area contributed by atoms with E-state index in [1.807, 2.05) is 16.1 Å². The predicted molar refractivity (Wildman–Crippen MR) is 85.9 cm³/mol. The van der Waals surface area contributed by atoms with Crippen LogP contribution in [0, 0.1) is 6.92 Å². The third kappa shape index (κ3) is 5.03. The zero-order chi connectivity index (χ0) is 15.9. The first kappa shape index (κ1) is 16.8. The number of anilines is 1. The Kier molecular flexibility index (Phi) is 6.26. The molecular formula is C14H22N4O3S. The van der Waals surface area contributed by atoms with Gasteiger partial charge in [-0.25, -0.2) is 0 Å². The van der Waals surface area contributed by atoms with Crippen molar-refractivity contribution in [3.8, 4) is 0 Å². The molecule has 1 aromatic heterocycles. The first-order valence-corrected chi connectivity index (χ1v) is 8.70. The summed E-state index contributed by atoms with van der Waals surface area (Å²) >= 11 is 1.68. The second-order valence-corrected chi connectivity index (χ2v) is 6.26. The van der Waals surface area contributed by atoms with E-state index in [2.05, 4.69) is 10.5 Å². The minimum Gasteiger partial charge on any atom is -0.360 e. The normalized spacial score (nSPS) is 15.8. The van der Waals surface area contributed by atoms with Gasteiger partial charge in [-0.1, -0.05) is 5.16 Å². The fourth-order valence-electron chi connectivity index (χ4n) is 2.31. The number of hydrogen-bond donors (Lipinski definition) is 1. The lowest BCUT2D eigenvalue weighted by Gasteiger charge is -2.34. The molecule has 1 saturated heterocycles. The second kappa shape index (κ2) is 8.19. The average molecular weight is 326 g/mol. The van der Waals surface area contributed by atoms with Crippen LogP contribution in [-0.4, -0.2) is 71.5 Å². The lowest BCUT2D eigenvalue weighted by molar-refractivity contribution is -0.132. The van der Waals surface area contributed by atoms with E-state index in [-0.39, 0.29) is 11.8 Å². The molecule has 0 aliphatic carbocycles. The highest BCUT2D eigenvalue weighted by molar-refractivity contribution is 7.98. The minimum atomic E-state index is -0.115. The largest absolute Gasteiger partial charge is 0.360 e. The Morgan fingerprint density at radius 3 is 2.68 bits per heavy atom. The molecule has 0 unspecified atom stereocenters. The van der Waals surface area contributed by atoms with E-state index in [0.29, 0.717) is 37.6 Å². The lowest BCUT2D eigenvalue weighted by atomic mass is 10.3. The Morgan fingerprint density at radius 2 is 2.09 bits per heavy atom. The molecule has 1 fully saturated rings. The van der Waals surface area contributed by atoms with Gasteiger partial charge in [0.15, 0.2) is 5.82 Å². The van der Waals surface area contributed by atoms with Gasteiger partial charge in [0, 0.05) is 44.4 Å². The van der Waals surface area contributed by atoms with Gasteiger partial charge in [0.2, 0.25) is 11.8 Å². The summed E-state index contributed by atoms with van der Waals surface area (Å²) in [6.45, 7) is 4.88. The molecule has 1 aromatic rings. The molecule has 0 spiro atoms. The topological polar surface area (TPSA) is 78.7 Å². The fraction of sp³-hybridized carbons (Fsp3) is 0.643. The van der Waals surface area contributed by atoms with Gasteiger partial charge >= 0.3 is 0 Å². The quantitative estimate of drug-likeness (QED) is 0.834. The van der Waals surface area contributed by atoms with E-state index in [4.69, 9.17) is 4.52 Å². The van der Waals surface area contributed by atoms with Gasteiger partial charge in [0.05, 0.1) is 6.54 Å². The molecule has 0 bridgehead atoms. The predicted octanol–water partition coefficient (Wildman–Crippen LogP) is 0.819. The SMILES string of the molecule is CSCCC(=O)N1CCN(CC(=O)Nc2cc(C)on2)CC1. The number of piperazine rings is 1. The van der Waals surface area contributed by atoms with Gasteiger partial charge in [0.25, 0.3) is 0 Å². The van der Waals surface area contributed by atoms with Gasteiger partial charge in [0.1, 0.15) is 5.76 Å². The Labute approximate surface area is 134 Å². The van der Waals surface area contributed by atoms with Crippen LogP contribution in [0.5, 0.6) is 0 Å². The van der Waals surface area contributed by atoms with Crippen LogP contribution in [-0.2, 0) is 9.59 Å². The molecule has 8 heteroatoms. The molecule has 1 aliphatic rings. The van der Waals surface area contributed by atoms with Crippen LogP contribution in [0.15, 0.2) is 10.6 Å². The maximum absolute atomic E-state index is 11.9. The standard InChI is InChI=1S/C14H22N4O3S/c1-11-9-12(16-21-11)15-13(19)10-17-4-6-18(7-5-17)14(20)3-8-22-2/h9H,3-8,10H2,1-2H3,(H,15,16,19). The molecule has 122 valence electrons. The molecule has 2 rings (SSSR count). The van der Waals surface area contributed by atoms with Crippen molar-refractivity contribution in [1.29, 1.82) is 0 Å². The van der Waals surface area contributed by atoms with Gasteiger partial charge in [-0.15, -0.1) is 0 Å². The average Bonchev–Trinajstić information content (AvgIpc) is 2.90. The molecule has 2 heterocycles. The van der Waals surface area contributed by atoms with Gasteiger partial charge in [-0.2, -0.15) is 11.8 Å². The third-order valence-corrected chi connectivity index (χ3v) is 4.12. The molecule has 0 atom stereocenters. The number of thioether (sulfide) groups is 1. The number of carbonyl (C=O) groups is 2. The van der Waals surface area contributed by atoms with Crippen molar-refractivity contribution < 1.29 is 14.1 Å². The molecule has 1 N–H and O–H groups in total. The summed E-state index contributed by atoms with van der Waals surface area (Å²) < 4.78 is 4.90. The molecule has 22 heavy (non-hydrogen) atoms. The highest BCUT2D eigenvalue weighted by Gasteiger charge is 2.22. The van der Waals surface area contributed by atoms with Crippen LogP contribution in [0.25, 0.3) is 0 Å². The Morgan fingerprint density at radius 1 is 1.36 bits per heavy atom. The number of nitrogens with one attached hydrogen (secondary N) is 1. The van der Waals surface area contributed by atoms with Crippen molar-refractivity contribution in [1.82, 2.24) is 15.0 Å². The number of hydrogen-bond acceptors (Lipinski definition) is 6. The second-order valence-electron chi connectivity index (χ2n) is 5.27. The van der Waals surface area contributed by atoms with Crippen molar-refractivity contribution in [2.45, 2.75) is 13.3 Å². The van der Waals surface area contributed by atoms with E-state index in [0.717, 1.165) is 18.8 Å². The van der Waals surface area contributed by atoms with Crippen LogP contribution in [0.2, 0.25) is 0 Å². The van der Waals surface area contributed by atoms with Crippen LogP contribution in [0.3, 0.4) is 0 Å². The molecule has 2 amide bonds. The summed E-state index contributed by atoms with van der Waals surface area (Å²) in [4.78, 5) is 27.8. The van der Waals surface area contributed by atoms with Crippen LogP contribution in [0.1, 0.15) is 12.2 Å². The van der Waals surface area contributed by atoms with Crippen molar-refractivity contribution in [2.75, 3.05) is 50.0 Å². The van der Waals surface area contributed by atoms with Crippen molar-refractivity contribution in [3.63, 3.8) is 0 Å². The van der Waals surface area contributed by atoms with Crippen LogP contribution in [0.4, 0.5) is 5.82 Å². The highest BCUT2D eigenvalue weighted by Crippen LogP contribution is 2.08. The fourth-order valence-corrected chi connectivity index (χ4v) is 2.69. The maximum atomic E-state index is 11.9. The summed E-state index contributed by atoms with van der Waals surface area (Å²) in [5.41, 5.74) is 0. The van der Waals surface area contributed by atoms with E-state index in [1.165, 1.54) is 0 Å². The van der Waals surface area contributed by atoms with Gasteiger partial charge in [-0.3, -0.25) is 14.5 Å². The minimum absolute atomic E-state index is 0.115. The van der Waals surface area contributed by atoms with Crippen molar-refractivity contribution >= 4 is 29.4 Å².